The van der Waals surface area contributed by atoms with Crippen LogP contribution in [0.4, 0.5) is 13.2 Å². The van der Waals surface area contributed by atoms with E-state index in [1.54, 1.807) is 0 Å². The predicted molar refractivity (Wildman–Crippen MR) is 47.5 cm³/mol. The van der Waals surface area contributed by atoms with Gasteiger partial charge in [0.1, 0.15) is 5.69 Å². The number of pyridine rings is 1. The highest BCUT2D eigenvalue weighted by Gasteiger charge is 2.29. The van der Waals surface area contributed by atoms with E-state index in [1.165, 1.54) is 13.2 Å². The summed E-state index contributed by atoms with van der Waals surface area (Å²) in [5, 5.41) is 0. The minimum atomic E-state index is -4.35. The van der Waals surface area contributed by atoms with Crippen LogP contribution in [0.15, 0.2) is 23.2 Å². The topological polar surface area (TPSA) is 39.2 Å². The number of methoxy groups -OCH3 is 1. The summed E-state index contributed by atoms with van der Waals surface area (Å²) < 4.78 is 40.1. The Morgan fingerprint density at radius 3 is 2.53 bits per heavy atom. The second-order valence-electron chi connectivity index (χ2n) is 2.42. The van der Waals surface area contributed by atoms with Gasteiger partial charge in [-0.3, -0.25) is 0 Å². The van der Waals surface area contributed by atoms with E-state index in [0.29, 0.717) is 0 Å². The van der Waals surface area contributed by atoms with Crippen molar-refractivity contribution in [2.45, 2.75) is 10.4 Å². The third kappa shape index (κ3) is 3.78. The molecule has 0 N–H and O–H groups in total. The van der Waals surface area contributed by atoms with Gasteiger partial charge in [0, 0.05) is 11.1 Å². The molecule has 3 nitrogen and oxygen atoms in total. The fourth-order valence-electron chi connectivity index (χ4n) is 0.800. The van der Waals surface area contributed by atoms with Crippen LogP contribution in [-0.4, -0.2) is 23.6 Å². The van der Waals surface area contributed by atoms with Crippen LogP contribution in [0.2, 0.25) is 0 Å². The SMILES string of the molecule is COC(=O)c1ccc(SC(F)(F)F)cn1. The Morgan fingerprint density at radius 2 is 2.13 bits per heavy atom. The summed E-state index contributed by atoms with van der Waals surface area (Å²) in [6.45, 7) is 0. The molecule has 7 heteroatoms. The maximum Gasteiger partial charge on any atom is 0.446 e. The molecular formula is C8H6F3NO2S. The number of halogens is 3. The molecule has 0 saturated heterocycles. The highest BCUT2D eigenvalue weighted by atomic mass is 32.2. The molecule has 82 valence electrons. The summed E-state index contributed by atoms with van der Waals surface area (Å²) in [6, 6.07) is 2.34. The Labute approximate surface area is 87.6 Å². The molecule has 0 aromatic carbocycles. The number of alkyl halides is 3. The molecule has 0 spiro atoms. The summed E-state index contributed by atoms with van der Waals surface area (Å²) >= 11 is -0.286. The molecule has 0 saturated carbocycles. The van der Waals surface area contributed by atoms with Crippen molar-refractivity contribution in [2.24, 2.45) is 0 Å². The van der Waals surface area contributed by atoms with Gasteiger partial charge in [-0.05, 0) is 23.9 Å². The maximum atomic E-state index is 11.9. The lowest BCUT2D eigenvalue weighted by Crippen LogP contribution is -2.04. The van der Waals surface area contributed by atoms with Crippen LogP contribution in [0, 0.1) is 0 Å². The number of carbonyl (C=O) groups excluding carboxylic acids is 1. The second kappa shape index (κ2) is 4.52. The van der Waals surface area contributed by atoms with Crippen LogP contribution in [0.5, 0.6) is 0 Å². The van der Waals surface area contributed by atoms with E-state index in [9.17, 15) is 18.0 Å². The first-order valence-electron chi connectivity index (χ1n) is 3.72. The third-order valence-electron chi connectivity index (χ3n) is 1.36. The summed E-state index contributed by atoms with van der Waals surface area (Å²) in [5.41, 5.74) is -4.38. The van der Waals surface area contributed by atoms with Crippen molar-refractivity contribution in [1.29, 1.82) is 0 Å². The van der Waals surface area contributed by atoms with Crippen molar-refractivity contribution in [3.8, 4) is 0 Å². The number of thioether (sulfide) groups is 1. The molecule has 1 rings (SSSR count). The van der Waals surface area contributed by atoms with Gasteiger partial charge in [-0.1, -0.05) is 0 Å². The van der Waals surface area contributed by atoms with E-state index < -0.39 is 11.5 Å². The normalized spacial score (nSPS) is 11.2. The lowest BCUT2D eigenvalue weighted by atomic mass is 10.3. The number of nitrogens with zero attached hydrogens (tertiary/aromatic N) is 1. The van der Waals surface area contributed by atoms with E-state index in [4.69, 9.17) is 0 Å². The minimum absolute atomic E-state index is 0.0241. The Balaban J connectivity index is 2.77. The molecular weight excluding hydrogens is 231 g/mol. The van der Waals surface area contributed by atoms with Gasteiger partial charge in [0.15, 0.2) is 0 Å². The summed E-state index contributed by atoms with van der Waals surface area (Å²) in [5.74, 6) is -0.682. The standard InChI is InChI=1S/C8H6F3NO2S/c1-14-7(13)6-3-2-5(4-12-6)15-8(9,10)11/h2-4H,1H3. The van der Waals surface area contributed by atoms with E-state index in [0.717, 1.165) is 12.3 Å². The molecule has 1 heterocycles. The number of hydrogen-bond donors (Lipinski definition) is 0. The van der Waals surface area contributed by atoms with Crippen LogP contribution in [0.25, 0.3) is 0 Å². The number of carbonyl (C=O) groups is 1. The van der Waals surface area contributed by atoms with Gasteiger partial charge in [0.05, 0.1) is 7.11 Å². The van der Waals surface area contributed by atoms with E-state index in [-0.39, 0.29) is 22.4 Å². The summed E-state index contributed by atoms with van der Waals surface area (Å²) in [6.07, 6.45) is 0.977. The summed E-state index contributed by atoms with van der Waals surface area (Å²) in [7, 11) is 1.17. The van der Waals surface area contributed by atoms with Crippen molar-refractivity contribution in [1.82, 2.24) is 4.98 Å². The molecule has 0 fully saturated rings. The monoisotopic (exact) mass is 237 g/mol. The molecule has 1 aromatic heterocycles. The third-order valence-corrected chi connectivity index (χ3v) is 2.07. The number of aromatic nitrogens is 1. The first-order valence-corrected chi connectivity index (χ1v) is 4.54. The fourth-order valence-corrected chi connectivity index (χ4v) is 1.31. The number of rotatable bonds is 2. The van der Waals surface area contributed by atoms with Gasteiger partial charge in [0.2, 0.25) is 0 Å². The fraction of sp³-hybridized carbons (Fsp3) is 0.250. The summed E-state index contributed by atoms with van der Waals surface area (Å²) in [4.78, 5) is 14.4. The average molecular weight is 237 g/mol. The maximum absolute atomic E-state index is 11.9. The molecule has 0 amide bonds. The van der Waals surface area contributed by atoms with E-state index in [2.05, 4.69) is 9.72 Å². The zero-order valence-corrected chi connectivity index (χ0v) is 8.35. The van der Waals surface area contributed by atoms with Crippen LogP contribution in [0.1, 0.15) is 10.5 Å². The van der Waals surface area contributed by atoms with Crippen LogP contribution in [-0.2, 0) is 4.74 Å². The van der Waals surface area contributed by atoms with Gasteiger partial charge in [-0.25, -0.2) is 9.78 Å². The first kappa shape index (κ1) is 11.8. The van der Waals surface area contributed by atoms with Crippen LogP contribution < -0.4 is 0 Å². The lowest BCUT2D eigenvalue weighted by Gasteiger charge is -2.05. The Kier molecular flexibility index (Phi) is 3.57. The van der Waals surface area contributed by atoms with Gasteiger partial charge in [-0.2, -0.15) is 13.2 Å². The van der Waals surface area contributed by atoms with Crippen molar-refractivity contribution in [3.63, 3.8) is 0 Å². The number of hydrogen-bond acceptors (Lipinski definition) is 4. The molecule has 15 heavy (non-hydrogen) atoms. The Morgan fingerprint density at radius 1 is 1.47 bits per heavy atom. The molecule has 0 aliphatic rings. The number of ether oxygens (including phenoxy) is 1. The second-order valence-corrected chi connectivity index (χ2v) is 3.56. The molecule has 0 aliphatic carbocycles. The Hall–Kier alpha value is -1.24. The van der Waals surface area contributed by atoms with Crippen molar-refractivity contribution < 1.29 is 22.7 Å². The predicted octanol–water partition coefficient (Wildman–Crippen LogP) is 2.48. The van der Waals surface area contributed by atoms with Gasteiger partial charge in [-0.15, -0.1) is 0 Å². The van der Waals surface area contributed by atoms with Crippen molar-refractivity contribution in [2.75, 3.05) is 7.11 Å². The zero-order valence-electron chi connectivity index (χ0n) is 7.54. The lowest BCUT2D eigenvalue weighted by molar-refractivity contribution is -0.0328. The zero-order chi connectivity index (χ0) is 11.5. The molecule has 0 atom stereocenters. The average Bonchev–Trinajstić information content (AvgIpc) is 2.15. The molecule has 0 radical (unpaired) electrons. The quantitative estimate of drug-likeness (QED) is 0.585. The minimum Gasteiger partial charge on any atom is -0.464 e. The van der Waals surface area contributed by atoms with Crippen molar-refractivity contribution >= 4 is 17.7 Å². The smallest absolute Gasteiger partial charge is 0.446 e. The highest BCUT2D eigenvalue weighted by Crippen LogP contribution is 2.36. The molecule has 0 aliphatic heterocycles. The van der Waals surface area contributed by atoms with E-state index in [1.807, 2.05) is 0 Å². The first-order chi connectivity index (χ1) is 6.92. The molecule has 1 aromatic rings. The van der Waals surface area contributed by atoms with Crippen molar-refractivity contribution in [3.05, 3.63) is 24.0 Å². The highest BCUT2D eigenvalue weighted by molar-refractivity contribution is 8.00. The molecule has 0 unspecified atom stereocenters. The van der Waals surface area contributed by atoms with Gasteiger partial charge >= 0.3 is 11.5 Å². The Bertz CT molecular complexity index is 350. The number of esters is 1. The van der Waals surface area contributed by atoms with Gasteiger partial charge in [0.25, 0.3) is 0 Å². The van der Waals surface area contributed by atoms with Crippen LogP contribution in [0.3, 0.4) is 0 Å². The largest absolute Gasteiger partial charge is 0.464 e. The van der Waals surface area contributed by atoms with Gasteiger partial charge < -0.3 is 4.74 Å². The molecule has 0 bridgehead atoms. The van der Waals surface area contributed by atoms with E-state index >= 15 is 0 Å². The van der Waals surface area contributed by atoms with Crippen LogP contribution >= 0.6 is 11.8 Å².